The van der Waals surface area contributed by atoms with Crippen LogP contribution in [0.25, 0.3) is 16.9 Å². The van der Waals surface area contributed by atoms with E-state index < -0.39 is 34.1 Å². The Kier molecular flexibility index (Phi) is 5.75. The second-order valence-electron chi connectivity index (χ2n) is 6.32. The summed E-state index contributed by atoms with van der Waals surface area (Å²) < 4.78 is 65.0. The van der Waals surface area contributed by atoms with Crippen molar-refractivity contribution in [1.29, 1.82) is 0 Å². The zero-order valence-electron chi connectivity index (χ0n) is 15.1. The fourth-order valence-electron chi connectivity index (χ4n) is 2.71. The SMILES string of the molecule is Cc1ccc(-n2nc(C(F)(F)F)cc2-c2ccc(S(=O)(=O)CCO)cc2)cc1Cl. The van der Waals surface area contributed by atoms with Gasteiger partial charge in [0.05, 0.1) is 28.6 Å². The highest BCUT2D eigenvalue weighted by molar-refractivity contribution is 7.91. The Bertz CT molecular complexity index is 1140. The fraction of sp³-hybridized carbons (Fsp3) is 0.211. The molecule has 0 saturated carbocycles. The van der Waals surface area contributed by atoms with E-state index in [1.54, 1.807) is 19.1 Å². The van der Waals surface area contributed by atoms with Gasteiger partial charge in [0.1, 0.15) is 0 Å². The summed E-state index contributed by atoms with van der Waals surface area (Å²) in [4.78, 5) is -0.0317. The number of benzene rings is 2. The molecule has 0 unspecified atom stereocenters. The monoisotopic (exact) mass is 444 g/mol. The summed E-state index contributed by atoms with van der Waals surface area (Å²) in [6, 6.07) is 11.0. The molecule has 0 spiro atoms. The van der Waals surface area contributed by atoms with Gasteiger partial charge in [-0.3, -0.25) is 0 Å². The van der Waals surface area contributed by atoms with Gasteiger partial charge in [0.2, 0.25) is 0 Å². The van der Waals surface area contributed by atoms with Gasteiger partial charge in [-0.2, -0.15) is 18.3 Å². The van der Waals surface area contributed by atoms with Gasteiger partial charge >= 0.3 is 6.18 Å². The van der Waals surface area contributed by atoms with Crippen molar-refractivity contribution in [3.63, 3.8) is 0 Å². The molecule has 0 aliphatic heterocycles. The molecule has 1 aromatic heterocycles. The number of hydrogen-bond donors (Lipinski definition) is 1. The molecule has 10 heteroatoms. The van der Waals surface area contributed by atoms with E-state index in [1.807, 2.05) is 0 Å². The number of aliphatic hydroxyl groups excluding tert-OH is 1. The van der Waals surface area contributed by atoms with E-state index >= 15 is 0 Å². The van der Waals surface area contributed by atoms with Crippen LogP contribution in [0.2, 0.25) is 5.02 Å². The summed E-state index contributed by atoms with van der Waals surface area (Å²) in [5.74, 6) is -0.440. The van der Waals surface area contributed by atoms with Gasteiger partial charge < -0.3 is 5.11 Å². The number of hydrogen-bond acceptors (Lipinski definition) is 4. The smallest absolute Gasteiger partial charge is 0.395 e. The average molecular weight is 445 g/mol. The van der Waals surface area contributed by atoms with Crippen molar-refractivity contribution in [3.8, 4) is 16.9 Å². The van der Waals surface area contributed by atoms with Crippen molar-refractivity contribution in [2.45, 2.75) is 18.0 Å². The molecule has 154 valence electrons. The van der Waals surface area contributed by atoms with E-state index in [0.29, 0.717) is 16.3 Å². The second-order valence-corrected chi connectivity index (χ2v) is 8.84. The Labute approximate surface area is 170 Å². The molecule has 1 heterocycles. The van der Waals surface area contributed by atoms with Crippen LogP contribution in [-0.2, 0) is 16.0 Å². The van der Waals surface area contributed by atoms with Crippen LogP contribution in [0, 0.1) is 6.92 Å². The van der Waals surface area contributed by atoms with Crippen molar-refractivity contribution in [2.24, 2.45) is 0 Å². The zero-order chi connectivity index (χ0) is 21.4. The third-order valence-corrected chi connectivity index (χ3v) is 6.39. The first-order chi connectivity index (χ1) is 13.5. The summed E-state index contributed by atoms with van der Waals surface area (Å²) in [7, 11) is -3.67. The quantitative estimate of drug-likeness (QED) is 0.637. The fourth-order valence-corrected chi connectivity index (χ4v) is 3.91. The minimum Gasteiger partial charge on any atom is -0.395 e. The highest BCUT2D eigenvalue weighted by atomic mass is 35.5. The molecule has 3 aromatic rings. The maximum absolute atomic E-state index is 13.3. The van der Waals surface area contributed by atoms with Crippen LogP contribution >= 0.6 is 11.6 Å². The van der Waals surface area contributed by atoms with Gasteiger partial charge in [-0.05, 0) is 42.8 Å². The zero-order valence-corrected chi connectivity index (χ0v) is 16.7. The number of nitrogens with zero attached hydrogens (tertiary/aromatic N) is 2. The number of sulfone groups is 1. The minimum atomic E-state index is -4.65. The summed E-state index contributed by atoms with van der Waals surface area (Å²) in [6.07, 6.45) is -4.65. The largest absolute Gasteiger partial charge is 0.435 e. The van der Waals surface area contributed by atoms with Gasteiger partial charge in [0, 0.05) is 10.6 Å². The van der Waals surface area contributed by atoms with E-state index in [0.717, 1.165) is 16.3 Å². The van der Waals surface area contributed by atoms with Gasteiger partial charge in [0.15, 0.2) is 15.5 Å². The minimum absolute atomic E-state index is 0.0317. The van der Waals surface area contributed by atoms with Crippen LogP contribution in [0.3, 0.4) is 0 Å². The number of alkyl halides is 3. The predicted molar refractivity (Wildman–Crippen MR) is 103 cm³/mol. The molecule has 3 rings (SSSR count). The highest BCUT2D eigenvalue weighted by Gasteiger charge is 2.35. The molecule has 0 aliphatic carbocycles. The van der Waals surface area contributed by atoms with Crippen LogP contribution in [0.5, 0.6) is 0 Å². The molecular formula is C19H16ClF3N2O3S. The van der Waals surface area contributed by atoms with Crippen molar-refractivity contribution in [3.05, 3.63) is 64.8 Å². The Balaban J connectivity index is 2.13. The summed E-state index contributed by atoms with van der Waals surface area (Å²) >= 11 is 6.11. The predicted octanol–water partition coefficient (Wildman–Crippen LogP) is 4.29. The van der Waals surface area contributed by atoms with Gasteiger partial charge in [-0.25, -0.2) is 13.1 Å². The molecule has 0 bridgehead atoms. The Morgan fingerprint density at radius 3 is 2.31 bits per heavy atom. The standard InChI is InChI=1S/C19H16ClF3N2O3S/c1-12-2-5-14(10-16(12)20)25-17(11-18(24-25)19(21,22)23)13-3-6-15(7-4-13)29(27,28)9-8-26/h2-7,10-11,26H,8-9H2,1H3. The highest BCUT2D eigenvalue weighted by Crippen LogP contribution is 2.34. The first-order valence-electron chi connectivity index (χ1n) is 8.41. The maximum atomic E-state index is 13.3. The lowest BCUT2D eigenvalue weighted by Crippen LogP contribution is -2.09. The third kappa shape index (κ3) is 4.47. The maximum Gasteiger partial charge on any atom is 0.435 e. The molecule has 0 amide bonds. The first-order valence-corrected chi connectivity index (χ1v) is 10.4. The average Bonchev–Trinajstić information content (AvgIpc) is 3.10. The van der Waals surface area contributed by atoms with Crippen molar-refractivity contribution >= 4 is 21.4 Å². The van der Waals surface area contributed by atoms with Crippen LogP contribution in [0.4, 0.5) is 13.2 Å². The molecule has 2 aromatic carbocycles. The Morgan fingerprint density at radius 1 is 1.10 bits per heavy atom. The molecule has 0 saturated heterocycles. The second kappa shape index (κ2) is 7.81. The van der Waals surface area contributed by atoms with E-state index in [-0.39, 0.29) is 10.6 Å². The topological polar surface area (TPSA) is 72.2 Å². The first kappa shape index (κ1) is 21.4. The molecule has 0 aliphatic rings. The van der Waals surface area contributed by atoms with E-state index in [1.165, 1.54) is 30.3 Å². The number of aryl methyl sites for hydroxylation is 1. The van der Waals surface area contributed by atoms with Crippen LogP contribution in [-0.4, -0.2) is 35.7 Å². The summed E-state index contributed by atoms with van der Waals surface area (Å²) in [5.41, 5.74) is 0.485. The van der Waals surface area contributed by atoms with Crippen LogP contribution < -0.4 is 0 Å². The van der Waals surface area contributed by atoms with E-state index in [9.17, 15) is 21.6 Å². The summed E-state index contributed by atoms with van der Waals surface area (Å²) in [6.45, 7) is 1.24. The normalized spacial score (nSPS) is 12.3. The lowest BCUT2D eigenvalue weighted by molar-refractivity contribution is -0.141. The third-order valence-electron chi connectivity index (χ3n) is 4.27. The van der Waals surface area contributed by atoms with Crippen molar-refractivity contribution in [2.75, 3.05) is 12.4 Å². The summed E-state index contributed by atoms with van der Waals surface area (Å²) in [5, 5.41) is 12.9. The molecule has 0 radical (unpaired) electrons. The van der Waals surface area contributed by atoms with Crippen molar-refractivity contribution < 1.29 is 26.7 Å². The number of aliphatic hydroxyl groups is 1. The van der Waals surface area contributed by atoms with E-state index in [4.69, 9.17) is 16.7 Å². The van der Waals surface area contributed by atoms with Gasteiger partial charge in [0.25, 0.3) is 0 Å². The van der Waals surface area contributed by atoms with Crippen LogP contribution in [0.1, 0.15) is 11.3 Å². The van der Waals surface area contributed by atoms with Crippen LogP contribution in [0.15, 0.2) is 53.4 Å². The van der Waals surface area contributed by atoms with Crippen molar-refractivity contribution in [1.82, 2.24) is 9.78 Å². The molecule has 5 nitrogen and oxygen atoms in total. The molecule has 29 heavy (non-hydrogen) atoms. The Morgan fingerprint density at radius 2 is 1.76 bits per heavy atom. The Hall–Kier alpha value is -2.36. The lowest BCUT2D eigenvalue weighted by Gasteiger charge is -2.10. The lowest BCUT2D eigenvalue weighted by atomic mass is 10.1. The molecule has 1 N–H and O–H groups in total. The molecule has 0 fully saturated rings. The molecular weight excluding hydrogens is 429 g/mol. The number of halogens is 4. The molecule has 0 atom stereocenters. The van der Waals surface area contributed by atoms with Gasteiger partial charge in [-0.15, -0.1) is 0 Å². The van der Waals surface area contributed by atoms with Gasteiger partial charge in [-0.1, -0.05) is 29.8 Å². The number of aromatic nitrogens is 2. The number of rotatable bonds is 5. The van der Waals surface area contributed by atoms with E-state index in [2.05, 4.69) is 5.10 Å².